The monoisotopic (exact) mass is 356 g/mol. The lowest BCUT2D eigenvalue weighted by Gasteiger charge is -2.07. The molecule has 2 rings (SSSR count). The van der Waals surface area contributed by atoms with Crippen LogP contribution < -0.4 is 4.72 Å². The molecule has 0 aliphatic heterocycles. The number of nitrogens with zero attached hydrogens (tertiary/aromatic N) is 5. The third kappa shape index (κ3) is 3.79. The van der Waals surface area contributed by atoms with Gasteiger partial charge in [0.15, 0.2) is 0 Å². The van der Waals surface area contributed by atoms with Gasteiger partial charge in [-0.3, -0.25) is 4.68 Å². The average molecular weight is 356 g/mol. The van der Waals surface area contributed by atoms with Crippen LogP contribution in [0.15, 0.2) is 17.2 Å². The molecule has 1 N–H and O–H groups in total. The van der Waals surface area contributed by atoms with Gasteiger partial charge in [-0.05, 0) is 32.1 Å². The van der Waals surface area contributed by atoms with Gasteiger partial charge in [0.1, 0.15) is 4.90 Å². The normalized spacial score (nSPS) is 11.8. The summed E-state index contributed by atoms with van der Waals surface area (Å²) in [5.74, 6) is -0.228. The molecule has 0 unspecified atom stereocenters. The smallest absolute Gasteiger partial charge is 0.358 e. The Morgan fingerprint density at radius 3 is 2.58 bits per heavy atom. The minimum atomic E-state index is -3.64. The zero-order valence-corrected chi connectivity index (χ0v) is 14.6. The zero-order valence-electron chi connectivity index (χ0n) is 13.8. The first kappa shape index (κ1) is 18.1. The summed E-state index contributed by atoms with van der Waals surface area (Å²) < 4.78 is 30.5. The van der Waals surface area contributed by atoms with Crippen LogP contribution in [0.1, 0.15) is 24.7 Å². The van der Waals surface area contributed by atoms with Gasteiger partial charge in [-0.25, -0.2) is 13.1 Å². The van der Waals surface area contributed by atoms with Crippen molar-refractivity contribution in [2.24, 2.45) is 0 Å². The fraction of sp³-hybridized carbons (Fsp3) is 0.538. The Bertz CT molecular complexity index is 839. The second kappa shape index (κ2) is 7.09. The van der Waals surface area contributed by atoms with Crippen LogP contribution in [0.4, 0.5) is 5.82 Å². The summed E-state index contributed by atoms with van der Waals surface area (Å²) in [6.07, 6.45) is 1.95. The third-order valence-electron chi connectivity index (χ3n) is 3.55. The van der Waals surface area contributed by atoms with Crippen LogP contribution in [-0.4, -0.2) is 39.4 Å². The Hall–Kier alpha value is -2.27. The van der Waals surface area contributed by atoms with Crippen molar-refractivity contribution in [1.82, 2.24) is 24.3 Å². The van der Waals surface area contributed by atoms with Gasteiger partial charge < -0.3 is 10.1 Å². The van der Waals surface area contributed by atoms with Crippen LogP contribution in [0.3, 0.4) is 0 Å². The van der Waals surface area contributed by atoms with Gasteiger partial charge in [-0.15, -0.1) is 0 Å². The van der Waals surface area contributed by atoms with Crippen molar-refractivity contribution in [3.05, 3.63) is 33.8 Å². The summed E-state index contributed by atoms with van der Waals surface area (Å²) in [5.41, 5.74) is 1.06. The molecule has 2 aromatic heterocycles. The highest BCUT2D eigenvalue weighted by atomic mass is 32.2. The largest absolute Gasteiger partial charge is 0.389 e. The maximum Gasteiger partial charge on any atom is 0.389 e. The number of aryl methyl sites for hydroxylation is 3. The number of hydrogen-bond donors (Lipinski definition) is 1. The van der Waals surface area contributed by atoms with Crippen LogP contribution in [0.25, 0.3) is 0 Å². The van der Waals surface area contributed by atoms with Crippen LogP contribution in [0.5, 0.6) is 0 Å². The van der Waals surface area contributed by atoms with Crippen molar-refractivity contribution < 1.29 is 13.3 Å². The van der Waals surface area contributed by atoms with Crippen molar-refractivity contribution >= 4 is 15.8 Å². The number of aromatic nitrogens is 4. The van der Waals surface area contributed by atoms with E-state index >= 15 is 0 Å². The highest BCUT2D eigenvalue weighted by Gasteiger charge is 2.23. The molecule has 2 aromatic rings. The molecule has 11 heteroatoms. The van der Waals surface area contributed by atoms with Gasteiger partial charge in [0.2, 0.25) is 10.0 Å². The molecule has 24 heavy (non-hydrogen) atoms. The molecule has 0 aromatic carbocycles. The van der Waals surface area contributed by atoms with Crippen LogP contribution in [-0.2, 0) is 23.1 Å². The van der Waals surface area contributed by atoms with Crippen LogP contribution in [0.2, 0.25) is 0 Å². The van der Waals surface area contributed by atoms with Crippen molar-refractivity contribution in [2.75, 3.05) is 6.54 Å². The quantitative estimate of drug-likeness (QED) is 0.427. The van der Waals surface area contributed by atoms with E-state index in [1.54, 1.807) is 18.5 Å². The topological polar surface area (TPSA) is 125 Å². The van der Waals surface area contributed by atoms with Gasteiger partial charge in [0.25, 0.3) is 0 Å². The number of nitro groups is 1. The van der Waals surface area contributed by atoms with E-state index in [2.05, 4.69) is 14.9 Å². The molecule has 0 bridgehead atoms. The van der Waals surface area contributed by atoms with E-state index in [1.165, 1.54) is 16.9 Å². The van der Waals surface area contributed by atoms with E-state index < -0.39 is 14.9 Å². The minimum absolute atomic E-state index is 0.201. The first-order valence-corrected chi connectivity index (χ1v) is 8.96. The summed E-state index contributed by atoms with van der Waals surface area (Å²) in [6, 6.07) is 1.30. The second-order valence-electron chi connectivity index (χ2n) is 5.26. The second-order valence-corrected chi connectivity index (χ2v) is 6.96. The lowest BCUT2D eigenvalue weighted by Crippen LogP contribution is -2.26. The van der Waals surface area contributed by atoms with Gasteiger partial charge >= 0.3 is 5.82 Å². The average Bonchev–Trinajstić information content (AvgIpc) is 3.08. The first-order valence-electron chi connectivity index (χ1n) is 7.47. The van der Waals surface area contributed by atoms with E-state index in [1.807, 2.05) is 6.92 Å². The third-order valence-corrected chi connectivity index (χ3v) is 5.27. The van der Waals surface area contributed by atoms with E-state index in [9.17, 15) is 18.5 Å². The Kier molecular flexibility index (Phi) is 5.34. The molecule has 0 spiro atoms. The first-order chi connectivity index (χ1) is 11.3. The molecule has 0 saturated carbocycles. The summed E-state index contributed by atoms with van der Waals surface area (Å²) in [7, 11) is -3.64. The lowest BCUT2D eigenvalue weighted by molar-refractivity contribution is -0.389. The molecule has 0 fully saturated rings. The SMILES string of the molecule is CCn1nc(C)c(S(=O)(=O)NCCCn2ccc([N+](=O)[O-])n2)c1C. The van der Waals surface area contributed by atoms with Crippen molar-refractivity contribution in [3.63, 3.8) is 0 Å². The molecule has 0 amide bonds. The molecule has 0 saturated heterocycles. The van der Waals surface area contributed by atoms with Gasteiger partial charge in [-0.2, -0.15) is 9.78 Å². The minimum Gasteiger partial charge on any atom is -0.358 e. The van der Waals surface area contributed by atoms with Crippen LogP contribution >= 0.6 is 0 Å². The zero-order chi connectivity index (χ0) is 17.9. The van der Waals surface area contributed by atoms with Crippen molar-refractivity contribution in [1.29, 1.82) is 0 Å². The van der Waals surface area contributed by atoms with Gasteiger partial charge in [-0.1, -0.05) is 0 Å². The molecular weight excluding hydrogens is 336 g/mol. The fourth-order valence-corrected chi connectivity index (χ4v) is 3.95. The summed E-state index contributed by atoms with van der Waals surface area (Å²) >= 11 is 0. The van der Waals surface area contributed by atoms with Crippen molar-refractivity contribution in [2.45, 2.75) is 45.2 Å². The van der Waals surface area contributed by atoms with E-state index in [4.69, 9.17) is 0 Å². The maximum atomic E-state index is 12.4. The highest BCUT2D eigenvalue weighted by molar-refractivity contribution is 7.89. The Morgan fingerprint density at radius 1 is 1.33 bits per heavy atom. The predicted molar refractivity (Wildman–Crippen MR) is 86.1 cm³/mol. The molecule has 2 heterocycles. The molecule has 0 atom stereocenters. The summed E-state index contributed by atoms with van der Waals surface area (Å²) in [4.78, 5) is 10.2. The maximum absolute atomic E-state index is 12.4. The Morgan fingerprint density at radius 2 is 2.04 bits per heavy atom. The standard InChI is InChI=1S/C13H20N6O4S/c1-4-18-11(3)13(10(2)15-18)24(22,23)14-7-5-8-17-9-6-12(16-17)19(20)21/h6,9,14H,4-5,7-8H2,1-3H3. The predicted octanol–water partition coefficient (Wildman–Crippen LogP) is 0.993. The Balaban J connectivity index is 1.96. The highest BCUT2D eigenvalue weighted by Crippen LogP contribution is 2.19. The number of rotatable bonds is 8. The molecular formula is C13H20N6O4S. The number of nitrogens with one attached hydrogen (secondary N) is 1. The Labute approximate surface area is 139 Å². The van der Waals surface area contributed by atoms with E-state index in [0.29, 0.717) is 30.9 Å². The summed E-state index contributed by atoms with van der Waals surface area (Å²) in [5, 5.41) is 18.5. The van der Waals surface area contributed by atoms with Crippen molar-refractivity contribution in [3.8, 4) is 0 Å². The molecule has 10 nitrogen and oxygen atoms in total. The summed E-state index contributed by atoms with van der Waals surface area (Å²) in [6.45, 7) is 6.46. The number of hydrogen-bond acceptors (Lipinski definition) is 6. The van der Waals surface area contributed by atoms with Gasteiger partial charge in [0, 0.05) is 13.1 Å². The molecule has 0 radical (unpaired) electrons. The molecule has 0 aliphatic rings. The lowest BCUT2D eigenvalue weighted by atomic mass is 10.4. The number of sulfonamides is 1. The molecule has 0 aliphatic carbocycles. The van der Waals surface area contributed by atoms with Gasteiger partial charge in [0.05, 0.1) is 35.3 Å². The van der Waals surface area contributed by atoms with Crippen LogP contribution in [0, 0.1) is 24.0 Å². The van der Waals surface area contributed by atoms with E-state index in [-0.39, 0.29) is 17.3 Å². The fourth-order valence-electron chi connectivity index (χ4n) is 2.47. The molecule has 132 valence electrons. The van der Waals surface area contributed by atoms with E-state index in [0.717, 1.165) is 0 Å².